The van der Waals surface area contributed by atoms with E-state index in [-0.39, 0.29) is 0 Å². The first-order valence-corrected chi connectivity index (χ1v) is 6.28. The predicted molar refractivity (Wildman–Crippen MR) is 77.0 cm³/mol. The number of anilines is 1. The van der Waals surface area contributed by atoms with Gasteiger partial charge in [0.05, 0.1) is 12.1 Å². The highest BCUT2D eigenvalue weighted by molar-refractivity contribution is 5.76. The van der Waals surface area contributed by atoms with Crippen molar-refractivity contribution in [2.75, 3.05) is 5.73 Å². The maximum absolute atomic E-state index is 5.69. The Morgan fingerprint density at radius 3 is 2.47 bits per heavy atom. The highest BCUT2D eigenvalue weighted by Gasteiger charge is 2.07. The van der Waals surface area contributed by atoms with Crippen molar-refractivity contribution in [3.63, 3.8) is 0 Å². The molecule has 0 spiro atoms. The summed E-state index contributed by atoms with van der Waals surface area (Å²) in [7, 11) is 0. The Balaban J connectivity index is 2.01. The molecule has 0 aliphatic heterocycles. The van der Waals surface area contributed by atoms with Gasteiger partial charge in [-0.25, -0.2) is 4.68 Å². The van der Waals surface area contributed by atoms with E-state index in [4.69, 9.17) is 5.73 Å². The maximum atomic E-state index is 5.69. The second-order valence-corrected chi connectivity index (χ2v) is 4.91. The van der Waals surface area contributed by atoms with Gasteiger partial charge < -0.3 is 5.73 Å². The zero-order valence-corrected chi connectivity index (χ0v) is 11.1. The lowest BCUT2D eigenvalue weighted by molar-refractivity contribution is 0.670. The molecule has 0 aliphatic carbocycles. The topological polar surface area (TPSA) is 56.7 Å². The van der Waals surface area contributed by atoms with Gasteiger partial charge in [-0.05, 0) is 54.8 Å². The molecule has 1 heterocycles. The third-order valence-electron chi connectivity index (χ3n) is 3.44. The first kappa shape index (κ1) is 11.7. The summed E-state index contributed by atoms with van der Waals surface area (Å²) in [6.07, 6.45) is 0. The van der Waals surface area contributed by atoms with Crippen molar-refractivity contribution < 1.29 is 0 Å². The van der Waals surface area contributed by atoms with Crippen LogP contribution in [-0.4, -0.2) is 15.0 Å². The Labute approximate surface area is 111 Å². The van der Waals surface area contributed by atoms with E-state index >= 15 is 0 Å². The van der Waals surface area contributed by atoms with Crippen LogP contribution in [0, 0.1) is 13.8 Å². The van der Waals surface area contributed by atoms with Crippen molar-refractivity contribution in [1.29, 1.82) is 0 Å². The van der Waals surface area contributed by atoms with Crippen molar-refractivity contribution in [2.24, 2.45) is 0 Å². The van der Waals surface area contributed by atoms with E-state index in [0.717, 1.165) is 16.7 Å². The number of nitrogens with two attached hydrogens (primary N) is 1. The molecule has 2 aromatic carbocycles. The van der Waals surface area contributed by atoms with Gasteiger partial charge in [-0.15, -0.1) is 5.10 Å². The summed E-state index contributed by atoms with van der Waals surface area (Å²) >= 11 is 0. The number of hydrogen-bond donors (Lipinski definition) is 1. The minimum Gasteiger partial charge on any atom is -0.399 e. The summed E-state index contributed by atoms with van der Waals surface area (Å²) in [6, 6.07) is 12.1. The van der Waals surface area contributed by atoms with Crippen LogP contribution >= 0.6 is 0 Å². The number of benzene rings is 2. The molecule has 0 aliphatic rings. The number of rotatable bonds is 2. The van der Waals surface area contributed by atoms with Crippen LogP contribution in [0.3, 0.4) is 0 Å². The molecule has 0 bridgehead atoms. The van der Waals surface area contributed by atoms with Gasteiger partial charge in [-0.2, -0.15) is 0 Å². The minimum atomic E-state index is 0.708. The summed E-state index contributed by atoms with van der Waals surface area (Å²) in [5.74, 6) is 0. The van der Waals surface area contributed by atoms with Crippen LogP contribution in [0.4, 0.5) is 5.69 Å². The minimum absolute atomic E-state index is 0.708. The molecule has 1 aromatic heterocycles. The number of aromatic nitrogens is 3. The van der Waals surface area contributed by atoms with Gasteiger partial charge in [0.1, 0.15) is 5.52 Å². The van der Waals surface area contributed by atoms with Crippen molar-refractivity contribution in [1.82, 2.24) is 15.0 Å². The van der Waals surface area contributed by atoms with Crippen LogP contribution < -0.4 is 5.73 Å². The first-order valence-electron chi connectivity index (χ1n) is 6.28. The van der Waals surface area contributed by atoms with E-state index in [0.29, 0.717) is 6.54 Å². The van der Waals surface area contributed by atoms with Crippen LogP contribution in [-0.2, 0) is 6.54 Å². The van der Waals surface area contributed by atoms with E-state index in [1.54, 1.807) is 0 Å². The smallest absolute Gasteiger partial charge is 0.113 e. The van der Waals surface area contributed by atoms with E-state index in [2.05, 4.69) is 36.3 Å². The SMILES string of the molecule is Cc1cc2nnn(Cc3ccc(N)cc3)c2cc1C. The molecule has 96 valence electrons. The molecule has 0 radical (unpaired) electrons. The highest BCUT2D eigenvalue weighted by atomic mass is 15.4. The van der Waals surface area contributed by atoms with Crippen LogP contribution in [0.1, 0.15) is 16.7 Å². The number of aryl methyl sites for hydroxylation is 2. The predicted octanol–water partition coefficient (Wildman–Crippen LogP) is 2.68. The molecule has 4 heteroatoms. The number of nitrogen functional groups attached to an aromatic ring is 1. The molecule has 3 rings (SSSR count). The van der Waals surface area contributed by atoms with Crippen LogP contribution in [0.2, 0.25) is 0 Å². The third kappa shape index (κ3) is 2.17. The average Bonchev–Trinajstić information content (AvgIpc) is 2.76. The van der Waals surface area contributed by atoms with E-state index in [1.165, 1.54) is 16.7 Å². The quantitative estimate of drug-likeness (QED) is 0.713. The number of fused-ring (bicyclic) bond motifs is 1. The first-order chi connectivity index (χ1) is 9.13. The van der Waals surface area contributed by atoms with Gasteiger partial charge in [-0.1, -0.05) is 17.3 Å². The van der Waals surface area contributed by atoms with Gasteiger partial charge in [0, 0.05) is 5.69 Å². The summed E-state index contributed by atoms with van der Waals surface area (Å²) in [6.45, 7) is 4.91. The summed E-state index contributed by atoms with van der Waals surface area (Å²) in [5, 5.41) is 8.45. The summed E-state index contributed by atoms with van der Waals surface area (Å²) < 4.78 is 1.92. The van der Waals surface area contributed by atoms with Gasteiger partial charge in [0.2, 0.25) is 0 Å². The Morgan fingerprint density at radius 2 is 1.74 bits per heavy atom. The Bertz CT molecular complexity index is 726. The lowest BCUT2D eigenvalue weighted by Gasteiger charge is -2.05. The zero-order chi connectivity index (χ0) is 13.4. The Morgan fingerprint density at radius 1 is 1.05 bits per heavy atom. The molecule has 0 fully saturated rings. The fraction of sp³-hybridized carbons (Fsp3) is 0.200. The van der Waals surface area contributed by atoms with E-state index in [9.17, 15) is 0 Å². The second-order valence-electron chi connectivity index (χ2n) is 4.91. The van der Waals surface area contributed by atoms with E-state index in [1.807, 2.05) is 28.9 Å². The molecule has 0 unspecified atom stereocenters. The Hall–Kier alpha value is -2.36. The lowest BCUT2D eigenvalue weighted by atomic mass is 10.1. The van der Waals surface area contributed by atoms with Crippen molar-refractivity contribution in [3.8, 4) is 0 Å². The van der Waals surface area contributed by atoms with Crippen molar-refractivity contribution >= 4 is 16.7 Å². The number of hydrogen-bond acceptors (Lipinski definition) is 3. The van der Waals surface area contributed by atoms with Crippen molar-refractivity contribution in [3.05, 3.63) is 53.1 Å². The molecule has 3 aromatic rings. The molecule has 0 amide bonds. The fourth-order valence-electron chi connectivity index (χ4n) is 2.14. The molecule has 0 saturated carbocycles. The molecule has 19 heavy (non-hydrogen) atoms. The molecule has 2 N–H and O–H groups in total. The van der Waals surface area contributed by atoms with Crippen LogP contribution in [0.25, 0.3) is 11.0 Å². The van der Waals surface area contributed by atoms with Gasteiger partial charge in [0.15, 0.2) is 0 Å². The monoisotopic (exact) mass is 252 g/mol. The van der Waals surface area contributed by atoms with Gasteiger partial charge in [-0.3, -0.25) is 0 Å². The largest absolute Gasteiger partial charge is 0.399 e. The van der Waals surface area contributed by atoms with Crippen LogP contribution in [0.15, 0.2) is 36.4 Å². The lowest BCUT2D eigenvalue weighted by Crippen LogP contribution is -2.02. The number of nitrogens with zero attached hydrogens (tertiary/aromatic N) is 3. The maximum Gasteiger partial charge on any atom is 0.113 e. The summed E-state index contributed by atoms with van der Waals surface area (Å²) in [4.78, 5) is 0. The fourth-order valence-corrected chi connectivity index (χ4v) is 2.14. The van der Waals surface area contributed by atoms with Crippen LogP contribution in [0.5, 0.6) is 0 Å². The van der Waals surface area contributed by atoms with E-state index < -0.39 is 0 Å². The van der Waals surface area contributed by atoms with Gasteiger partial charge >= 0.3 is 0 Å². The normalized spacial score (nSPS) is 11.1. The average molecular weight is 252 g/mol. The molecule has 0 saturated heterocycles. The van der Waals surface area contributed by atoms with Gasteiger partial charge in [0.25, 0.3) is 0 Å². The second kappa shape index (κ2) is 4.39. The molecular formula is C15H16N4. The zero-order valence-electron chi connectivity index (χ0n) is 11.1. The molecule has 0 atom stereocenters. The Kier molecular flexibility index (Phi) is 2.71. The van der Waals surface area contributed by atoms with Crippen molar-refractivity contribution in [2.45, 2.75) is 20.4 Å². The molecule has 4 nitrogen and oxygen atoms in total. The third-order valence-corrected chi connectivity index (χ3v) is 3.44. The molecular weight excluding hydrogens is 236 g/mol. The summed E-state index contributed by atoms with van der Waals surface area (Å²) in [5.41, 5.74) is 12.1. The highest BCUT2D eigenvalue weighted by Crippen LogP contribution is 2.18. The standard InChI is InChI=1S/C15H16N4/c1-10-7-14-15(8-11(10)2)19(18-17-14)9-12-3-5-13(16)6-4-12/h3-8H,9,16H2,1-2H3.